The molecule has 1 N–H and O–H groups in total. The summed E-state index contributed by atoms with van der Waals surface area (Å²) in [7, 11) is 1.86. The van der Waals surface area contributed by atoms with E-state index < -0.39 is 0 Å². The van der Waals surface area contributed by atoms with Crippen molar-refractivity contribution in [1.29, 1.82) is 0 Å². The van der Waals surface area contributed by atoms with Crippen molar-refractivity contribution >= 4 is 6.01 Å². The smallest absolute Gasteiger partial charge is 0.318 e. The van der Waals surface area contributed by atoms with Crippen LogP contribution in [0.15, 0.2) is 4.42 Å². The van der Waals surface area contributed by atoms with Crippen LogP contribution >= 0.6 is 0 Å². The van der Waals surface area contributed by atoms with Crippen LogP contribution < -0.4 is 10.2 Å². The first-order valence-corrected chi connectivity index (χ1v) is 5.42. The molecule has 1 heterocycles. The molecule has 0 spiro atoms. The van der Waals surface area contributed by atoms with Gasteiger partial charge in [0.25, 0.3) is 0 Å². The van der Waals surface area contributed by atoms with Crippen molar-refractivity contribution in [2.45, 2.75) is 39.8 Å². The van der Waals surface area contributed by atoms with Crippen molar-refractivity contribution in [3.63, 3.8) is 0 Å². The molecule has 0 radical (unpaired) electrons. The summed E-state index contributed by atoms with van der Waals surface area (Å²) in [6.45, 7) is 7.94. The number of nitrogens with zero attached hydrogens (tertiary/aromatic N) is 3. The molecule has 0 aliphatic heterocycles. The van der Waals surface area contributed by atoms with Crippen LogP contribution in [0.1, 0.15) is 33.1 Å². The van der Waals surface area contributed by atoms with Gasteiger partial charge in [-0.15, -0.1) is 5.10 Å². The van der Waals surface area contributed by atoms with Gasteiger partial charge in [0.1, 0.15) is 0 Å². The summed E-state index contributed by atoms with van der Waals surface area (Å²) in [6.07, 6.45) is 1.07. The SMILES string of the molecule is CCCN(c1nnc(CNC)o1)C(C)C. The molecule has 1 aromatic heterocycles. The van der Waals surface area contributed by atoms with E-state index in [-0.39, 0.29) is 0 Å². The van der Waals surface area contributed by atoms with E-state index in [1.165, 1.54) is 0 Å². The number of hydrogen-bond donors (Lipinski definition) is 1. The van der Waals surface area contributed by atoms with Gasteiger partial charge in [-0.25, -0.2) is 0 Å². The second-order valence-corrected chi connectivity index (χ2v) is 3.80. The zero-order chi connectivity index (χ0) is 11.3. The van der Waals surface area contributed by atoms with E-state index >= 15 is 0 Å². The molecule has 5 nitrogen and oxygen atoms in total. The first kappa shape index (κ1) is 12.0. The molecular formula is C10H20N4O. The number of anilines is 1. The lowest BCUT2D eigenvalue weighted by molar-refractivity contribution is 0.459. The molecular weight excluding hydrogens is 192 g/mol. The van der Waals surface area contributed by atoms with Crippen molar-refractivity contribution in [2.75, 3.05) is 18.5 Å². The lowest BCUT2D eigenvalue weighted by Crippen LogP contribution is -2.31. The first-order valence-electron chi connectivity index (χ1n) is 5.42. The molecule has 0 saturated carbocycles. The van der Waals surface area contributed by atoms with Crippen LogP contribution in [0.5, 0.6) is 0 Å². The maximum atomic E-state index is 5.54. The van der Waals surface area contributed by atoms with E-state index in [2.05, 4.69) is 41.2 Å². The average molecular weight is 212 g/mol. The van der Waals surface area contributed by atoms with E-state index in [4.69, 9.17) is 4.42 Å². The molecule has 0 unspecified atom stereocenters. The molecule has 5 heteroatoms. The van der Waals surface area contributed by atoms with Gasteiger partial charge in [0.05, 0.1) is 6.54 Å². The van der Waals surface area contributed by atoms with Crippen molar-refractivity contribution in [3.8, 4) is 0 Å². The van der Waals surface area contributed by atoms with E-state index in [0.29, 0.717) is 24.5 Å². The highest BCUT2D eigenvalue weighted by molar-refractivity contribution is 5.25. The lowest BCUT2D eigenvalue weighted by atomic mass is 10.3. The number of aromatic nitrogens is 2. The minimum absolute atomic E-state index is 0.382. The Kier molecular flexibility index (Phi) is 4.55. The fraction of sp³-hybridized carbons (Fsp3) is 0.800. The standard InChI is InChI=1S/C10H20N4O/c1-5-6-14(8(2)3)10-13-12-9(15-10)7-11-4/h8,11H,5-7H2,1-4H3. The summed E-state index contributed by atoms with van der Waals surface area (Å²) >= 11 is 0. The second kappa shape index (κ2) is 5.70. The molecule has 1 aromatic rings. The molecule has 0 aliphatic carbocycles. The topological polar surface area (TPSA) is 54.2 Å². The van der Waals surface area contributed by atoms with Crippen molar-refractivity contribution in [3.05, 3.63) is 5.89 Å². The summed E-state index contributed by atoms with van der Waals surface area (Å²) in [5.74, 6) is 0.634. The van der Waals surface area contributed by atoms with E-state index in [1.807, 2.05) is 7.05 Å². The number of rotatable bonds is 6. The second-order valence-electron chi connectivity index (χ2n) is 3.80. The molecule has 0 atom stereocenters. The Morgan fingerprint density at radius 3 is 2.67 bits per heavy atom. The predicted octanol–water partition coefficient (Wildman–Crippen LogP) is 1.41. The Balaban J connectivity index is 2.72. The van der Waals surface area contributed by atoms with Crippen LogP contribution in [0.4, 0.5) is 6.01 Å². The average Bonchev–Trinajstić information content (AvgIpc) is 2.62. The summed E-state index contributed by atoms with van der Waals surface area (Å²) in [6, 6.07) is 1.00. The number of nitrogens with one attached hydrogen (secondary N) is 1. The summed E-state index contributed by atoms with van der Waals surface area (Å²) < 4.78 is 5.54. The van der Waals surface area contributed by atoms with Crippen LogP contribution in [0.25, 0.3) is 0 Å². The van der Waals surface area contributed by atoms with Crippen molar-refractivity contribution in [1.82, 2.24) is 15.5 Å². The van der Waals surface area contributed by atoms with Gasteiger partial charge in [-0.2, -0.15) is 0 Å². The minimum atomic E-state index is 0.382. The molecule has 0 aromatic carbocycles. The monoisotopic (exact) mass is 212 g/mol. The molecule has 0 bridgehead atoms. The third-order valence-electron chi connectivity index (χ3n) is 2.12. The largest absolute Gasteiger partial charge is 0.407 e. The zero-order valence-electron chi connectivity index (χ0n) is 9.95. The molecule has 0 amide bonds. The molecule has 1 rings (SSSR count). The van der Waals surface area contributed by atoms with E-state index in [9.17, 15) is 0 Å². The third-order valence-corrected chi connectivity index (χ3v) is 2.12. The van der Waals surface area contributed by atoms with Gasteiger partial charge in [-0.3, -0.25) is 0 Å². The molecule has 86 valence electrons. The van der Waals surface area contributed by atoms with E-state index in [1.54, 1.807) is 0 Å². The van der Waals surface area contributed by atoms with Crippen LogP contribution in [0, 0.1) is 0 Å². The summed E-state index contributed by atoms with van der Waals surface area (Å²) in [4.78, 5) is 2.12. The van der Waals surface area contributed by atoms with Gasteiger partial charge >= 0.3 is 6.01 Å². The van der Waals surface area contributed by atoms with Gasteiger partial charge < -0.3 is 14.6 Å². The Morgan fingerprint density at radius 1 is 1.40 bits per heavy atom. The van der Waals surface area contributed by atoms with Crippen LogP contribution in [0.2, 0.25) is 0 Å². The molecule has 15 heavy (non-hydrogen) atoms. The fourth-order valence-corrected chi connectivity index (χ4v) is 1.40. The van der Waals surface area contributed by atoms with Gasteiger partial charge in [-0.05, 0) is 27.3 Å². The molecule has 0 aliphatic rings. The highest BCUT2D eigenvalue weighted by Gasteiger charge is 2.16. The van der Waals surface area contributed by atoms with Crippen LogP contribution in [0.3, 0.4) is 0 Å². The van der Waals surface area contributed by atoms with Crippen molar-refractivity contribution in [2.24, 2.45) is 0 Å². The third kappa shape index (κ3) is 3.20. The Hall–Kier alpha value is -1.10. The highest BCUT2D eigenvalue weighted by Crippen LogP contribution is 2.15. The van der Waals surface area contributed by atoms with Gasteiger partial charge in [0.2, 0.25) is 5.89 Å². The van der Waals surface area contributed by atoms with Crippen LogP contribution in [-0.4, -0.2) is 29.8 Å². The minimum Gasteiger partial charge on any atom is -0.407 e. The van der Waals surface area contributed by atoms with E-state index in [0.717, 1.165) is 13.0 Å². The lowest BCUT2D eigenvalue weighted by Gasteiger charge is -2.23. The Morgan fingerprint density at radius 2 is 2.13 bits per heavy atom. The van der Waals surface area contributed by atoms with Gasteiger partial charge in [0.15, 0.2) is 0 Å². The fourth-order valence-electron chi connectivity index (χ4n) is 1.40. The molecule has 0 fully saturated rings. The number of hydrogen-bond acceptors (Lipinski definition) is 5. The van der Waals surface area contributed by atoms with Gasteiger partial charge in [-0.1, -0.05) is 12.0 Å². The Bertz CT molecular complexity index is 285. The quantitative estimate of drug-likeness (QED) is 0.772. The zero-order valence-corrected chi connectivity index (χ0v) is 9.95. The normalized spacial score (nSPS) is 11.0. The van der Waals surface area contributed by atoms with Gasteiger partial charge in [0, 0.05) is 12.6 Å². The predicted molar refractivity (Wildman–Crippen MR) is 59.8 cm³/mol. The summed E-state index contributed by atoms with van der Waals surface area (Å²) in [5, 5.41) is 11.0. The summed E-state index contributed by atoms with van der Waals surface area (Å²) in [5.41, 5.74) is 0. The van der Waals surface area contributed by atoms with Crippen LogP contribution in [-0.2, 0) is 6.54 Å². The first-order chi connectivity index (χ1) is 7.19. The maximum Gasteiger partial charge on any atom is 0.318 e. The van der Waals surface area contributed by atoms with Crippen molar-refractivity contribution < 1.29 is 4.42 Å². The Labute approximate surface area is 90.9 Å². The molecule has 0 saturated heterocycles. The highest BCUT2D eigenvalue weighted by atomic mass is 16.4. The maximum absolute atomic E-state index is 5.54.